The van der Waals surface area contributed by atoms with Crippen molar-refractivity contribution in [3.63, 3.8) is 0 Å². The average Bonchev–Trinajstić information content (AvgIpc) is 2.83. The molecular formula is C18H36S18. The van der Waals surface area contributed by atoms with Crippen molar-refractivity contribution in [2.45, 2.75) is 62.5 Å². The molecule has 0 spiro atoms. The van der Waals surface area contributed by atoms with Crippen molar-refractivity contribution in [1.29, 1.82) is 0 Å². The second-order valence-electron chi connectivity index (χ2n) is 6.99. The fourth-order valence-corrected chi connectivity index (χ4v) is 22.9. The van der Waals surface area contributed by atoms with E-state index in [2.05, 4.69) is 111 Å². The lowest BCUT2D eigenvalue weighted by Crippen LogP contribution is -2.29. The van der Waals surface area contributed by atoms with E-state index in [9.17, 15) is 0 Å². The molecule has 0 bridgehead atoms. The zero-order valence-corrected chi connectivity index (χ0v) is 34.7. The summed E-state index contributed by atoms with van der Waals surface area (Å²) in [6.07, 6.45) is 3.19. The van der Waals surface area contributed by atoms with Crippen LogP contribution < -0.4 is 0 Å². The second kappa shape index (κ2) is 25.5. The molecule has 0 N–H and O–H groups in total. The Balaban J connectivity index is 2.95. The highest BCUT2D eigenvalue weighted by Crippen LogP contribution is 2.54. The van der Waals surface area contributed by atoms with E-state index in [1.54, 1.807) is 0 Å². The minimum absolute atomic E-state index is 0.298. The Bertz CT molecular complexity index is 435. The van der Waals surface area contributed by atoms with Crippen LogP contribution in [0.1, 0.15) is 19.3 Å². The molecule has 0 radical (unpaired) electrons. The summed E-state index contributed by atoms with van der Waals surface area (Å²) in [4.78, 5) is 0. The molecule has 0 aromatic rings. The van der Waals surface area contributed by atoms with Crippen LogP contribution in [0.15, 0.2) is 0 Å². The standard InChI is InChI=1S/C18H36S18/c19-4-28-16(29-5-20)10(25)1-13-34-14(2-11(26)17(30-6-21)31-7-22)36-15(35-13)3-12(27)18(32-8-23)33-9-24/h10-27H,1-9H2. The summed E-state index contributed by atoms with van der Waals surface area (Å²) < 4.78 is 2.69. The molecule has 0 aliphatic carbocycles. The van der Waals surface area contributed by atoms with E-state index in [1.165, 1.54) is 0 Å². The lowest BCUT2D eigenvalue weighted by Gasteiger charge is -2.38. The van der Waals surface area contributed by atoms with Crippen molar-refractivity contribution < 1.29 is 0 Å². The summed E-state index contributed by atoms with van der Waals surface area (Å²) in [5.74, 6) is 0. The molecule has 1 saturated heterocycles. The van der Waals surface area contributed by atoms with Crippen molar-refractivity contribution in [2.24, 2.45) is 0 Å². The molecule has 3 atom stereocenters. The molecule has 1 heterocycles. The largest absolute Gasteiger partial charge is 0.174 e. The van der Waals surface area contributed by atoms with Gasteiger partial charge in [-0.1, -0.05) is 0 Å². The van der Waals surface area contributed by atoms with Gasteiger partial charge in [-0.05, 0) is 19.3 Å². The van der Waals surface area contributed by atoms with Crippen molar-refractivity contribution in [2.75, 3.05) is 30.5 Å². The fraction of sp³-hybridized carbons (Fsp3) is 1.00. The van der Waals surface area contributed by atoms with E-state index in [-0.39, 0.29) is 0 Å². The highest BCUT2D eigenvalue weighted by atomic mass is 32.3. The molecule has 216 valence electrons. The summed E-state index contributed by atoms with van der Waals surface area (Å²) in [6.45, 7) is 0. The molecule has 0 aromatic heterocycles. The Morgan fingerprint density at radius 3 is 0.778 bits per heavy atom. The molecule has 1 aliphatic rings. The van der Waals surface area contributed by atoms with Crippen LogP contribution in [0.5, 0.6) is 0 Å². The first-order chi connectivity index (χ1) is 17.3. The van der Waals surface area contributed by atoms with E-state index in [0.29, 0.717) is 43.2 Å². The molecule has 1 aliphatic heterocycles. The number of hydrogen-bond donors (Lipinski definition) is 9. The first kappa shape index (κ1) is 40.3. The summed E-state index contributed by atoms with van der Waals surface area (Å²) in [5, 5.41) is 5.71. The minimum Gasteiger partial charge on any atom is -0.174 e. The maximum absolute atomic E-state index is 5.06. The predicted molar refractivity (Wildman–Crippen MR) is 226 cm³/mol. The van der Waals surface area contributed by atoms with Crippen molar-refractivity contribution >= 4 is 220 Å². The van der Waals surface area contributed by atoms with Gasteiger partial charge in [-0.15, -0.1) is 106 Å². The van der Waals surface area contributed by atoms with Crippen molar-refractivity contribution in [3.8, 4) is 0 Å². The van der Waals surface area contributed by atoms with Crippen molar-refractivity contribution in [3.05, 3.63) is 0 Å². The van der Waals surface area contributed by atoms with Gasteiger partial charge in [0.05, 0.1) is 27.5 Å². The Morgan fingerprint density at radius 1 is 0.417 bits per heavy atom. The molecule has 0 saturated carbocycles. The van der Waals surface area contributed by atoms with Crippen LogP contribution in [0.4, 0.5) is 0 Å². The van der Waals surface area contributed by atoms with E-state index in [1.807, 2.05) is 70.6 Å². The van der Waals surface area contributed by atoms with Crippen LogP contribution in [-0.2, 0) is 0 Å². The molecule has 1 rings (SSSR count). The zero-order chi connectivity index (χ0) is 26.9. The van der Waals surface area contributed by atoms with Gasteiger partial charge in [-0.25, -0.2) is 0 Å². The number of rotatable bonds is 21. The molecule has 36 heavy (non-hydrogen) atoms. The third-order valence-electron chi connectivity index (χ3n) is 4.59. The molecule has 0 aromatic carbocycles. The molecular weight excluding hydrogens is 793 g/mol. The third kappa shape index (κ3) is 17.1. The van der Waals surface area contributed by atoms with Gasteiger partial charge in [0.2, 0.25) is 0 Å². The van der Waals surface area contributed by atoms with Gasteiger partial charge in [-0.3, -0.25) is 0 Å². The highest BCUT2D eigenvalue weighted by Gasteiger charge is 2.36. The fourth-order valence-electron chi connectivity index (χ4n) is 3.11. The van der Waals surface area contributed by atoms with Crippen LogP contribution in [0.3, 0.4) is 0 Å². The second-order valence-corrected chi connectivity index (χ2v) is 26.2. The summed E-state index contributed by atoms with van der Waals surface area (Å²) in [7, 11) is 0. The summed E-state index contributed by atoms with van der Waals surface area (Å²) in [6, 6.07) is 0. The van der Waals surface area contributed by atoms with Gasteiger partial charge in [0.25, 0.3) is 0 Å². The normalized spacial score (nSPS) is 23.5. The highest BCUT2D eigenvalue weighted by molar-refractivity contribution is 8.33. The van der Waals surface area contributed by atoms with Crippen LogP contribution in [-0.4, -0.2) is 73.8 Å². The van der Waals surface area contributed by atoms with Gasteiger partial charge in [0.1, 0.15) is 0 Å². The number of thiol groups is 9. The summed E-state index contributed by atoms with van der Waals surface area (Å²) >= 11 is 59.4. The van der Waals surface area contributed by atoms with E-state index in [4.69, 9.17) is 37.9 Å². The monoisotopic (exact) mass is 828 g/mol. The maximum Gasteiger partial charge on any atom is 0.0635 e. The van der Waals surface area contributed by atoms with E-state index >= 15 is 0 Å². The number of hydrogen-bond acceptors (Lipinski definition) is 18. The smallest absolute Gasteiger partial charge is 0.0635 e. The van der Waals surface area contributed by atoms with E-state index in [0.717, 1.165) is 49.8 Å². The summed E-state index contributed by atoms with van der Waals surface area (Å²) in [5.41, 5.74) is 0. The molecule has 1 fully saturated rings. The lowest BCUT2D eigenvalue weighted by molar-refractivity contribution is 0.837. The molecule has 3 unspecified atom stereocenters. The first-order valence-electron chi connectivity index (χ1n) is 10.7. The minimum atomic E-state index is 0.298. The van der Waals surface area contributed by atoms with Gasteiger partial charge in [-0.2, -0.15) is 114 Å². The van der Waals surface area contributed by atoms with Crippen LogP contribution >= 0.6 is 220 Å². The Labute approximate surface area is 307 Å². The Morgan fingerprint density at radius 2 is 0.611 bits per heavy atom. The van der Waals surface area contributed by atoms with Crippen molar-refractivity contribution in [1.82, 2.24) is 0 Å². The van der Waals surface area contributed by atoms with Gasteiger partial charge < -0.3 is 0 Å². The maximum atomic E-state index is 5.06. The van der Waals surface area contributed by atoms with Gasteiger partial charge >= 0.3 is 0 Å². The average molecular weight is 830 g/mol. The van der Waals surface area contributed by atoms with Gasteiger partial charge in [0, 0.05) is 46.3 Å². The first-order valence-corrected chi connectivity index (χ1v) is 25.1. The van der Waals surface area contributed by atoms with Crippen LogP contribution in [0.2, 0.25) is 0 Å². The van der Waals surface area contributed by atoms with E-state index < -0.39 is 0 Å². The Kier molecular flexibility index (Phi) is 28.5. The molecule has 18 heteroatoms. The molecule has 0 amide bonds. The quantitative estimate of drug-likeness (QED) is 0.0407. The van der Waals surface area contributed by atoms with Gasteiger partial charge in [0.15, 0.2) is 0 Å². The van der Waals surface area contributed by atoms with Crippen LogP contribution in [0.25, 0.3) is 0 Å². The zero-order valence-electron chi connectivity index (χ0n) is 19.3. The third-order valence-corrected chi connectivity index (χ3v) is 22.3. The number of thioether (sulfide) groups is 9. The van der Waals surface area contributed by atoms with Crippen LogP contribution in [0, 0.1) is 0 Å². The lowest BCUT2D eigenvalue weighted by atomic mass is 10.3. The Hall–Kier alpha value is 6.30. The SMILES string of the molecule is SCSC(SCS)C(S)CC1SC(CC(S)C(SCS)SCS)SC(CC(S)C(SCS)SCS)S1. The molecule has 0 nitrogen and oxygen atoms in total. The predicted octanol–water partition coefficient (Wildman–Crippen LogP) is 9.94. The topological polar surface area (TPSA) is 0 Å².